The lowest BCUT2D eigenvalue weighted by Crippen LogP contribution is -2.46. The van der Waals surface area contributed by atoms with E-state index in [0.717, 1.165) is 48.6 Å². The Morgan fingerprint density at radius 3 is 2.11 bits per heavy atom. The van der Waals surface area contributed by atoms with Gasteiger partial charge in [-0.25, -0.2) is 0 Å². The third kappa shape index (κ3) is 6.69. The number of hydrogen-bond acceptors (Lipinski definition) is 6. The second kappa shape index (κ2) is 11.6. The largest absolute Gasteiger partial charge is 0.508 e. The predicted octanol–water partition coefficient (Wildman–Crippen LogP) is 4.69. The molecule has 0 aromatic heterocycles. The van der Waals surface area contributed by atoms with E-state index in [-0.39, 0.29) is 11.3 Å². The third-order valence-electron chi connectivity index (χ3n) is 6.49. The summed E-state index contributed by atoms with van der Waals surface area (Å²) in [4.78, 5) is 16.4. The number of aromatic hydroxyl groups is 1. The van der Waals surface area contributed by atoms with E-state index in [9.17, 15) is 23.1 Å². The van der Waals surface area contributed by atoms with Crippen LogP contribution in [0.1, 0.15) is 15.9 Å². The average molecular weight is 530 g/mol. The number of methoxy groups -OCH3 is 2. The van der Waals surface area contributed by atoms with E-state index in [0.29, 0.717) is 18.0 Å². The van der Waals surface area contributed by atoms with E-state index in [1.54, 1.807) is 44.6 Å². The second-order valence-electron chi connectivity index (χ2n) is 9.02. The molecule has 0 unspecified atom stereocenters. The molecule has 0 bridgehead atoms. The number of piperazine rings is 1. The Hall–Kier alpha value is -3.92. The van der Waals surface area contributed by atoms with Gasteiger partial charge in [0, 0.05) is 44.0 Å². The zero-order chi connectivity index (χ0) is 27.3. The van der Waals surface area contributed by atoms with Crippen LogP contribution in [0.5, 0.6) is 17.2 Å². The van der Waals surface area contributed by atoms with Gasteiger partial charge in [0.05, 0.1) is 19.8 Å². The maximum absolute atomic E-state index is 12.3. The Morgan fingerprint density at radius 1 is 0.921 bits per heavy atom. The van der Waals surface area contributed by atoms with E-state index in [4.69, 9.17) is 9.47 Å². The molecule has 0 atom stereocenters. The number of benzene rings is 3. The van der Waals surface area contributed by atoms with E-state index in [1.807, 2.05) is 23.5 Å². The minimum absolute atomic E-state index is 0.182. The Kier molecular flexibility index (Phi) is 8.31. The second-order valence-corrected chi connectivity index (χ2v) is 9.02. The molecule has 7 nitrogen and oxygen atoms in total. The Morgan fingerprint density at radius 2 is 1.55 bits per heavy atom. The van der Waals surface area contributed by atoms with Crippen LogP contribution in [0.2, 0.25) is 0 Å². The summed E-state index contributed by atoms with van der Waals surface area (Å²) in [5, 5.41) is 11.7. The molecule has 0 spiro atoms. The molecule has 0 saturated carbocycles. The van der Waals surface area contributed by atoms with Gasteiger partial charge in [-0.1, -0.05) is 12.1 Å². The van der Waals surface area contributed by atoms with Crippen molar-refractivity contribution in [3.05, 3.63) is 71.8 Å². The van der Waals surface area contributed by atoms with Gasteiger partial charge in [0.15, 0.2) is 0 Å². The average Bonchev–Trinajstić information content (AvgIpc) is 2.92. The molecule has 2 N–H and O–H groups in total. The van der Waals surface area contributed by atoms with Crippen molar-refractivity contribution in [2.75, 3.05) is 51.8 Å². The van der Waals surface area contributed by atoms with Gasteiger partial charge in [-0.05, 0) is 59.7 Å². The lowest BCUT2D eigenvalue weighted by Gasteiger charge is -2.36. The summed E-state index contributed by atoms with van der Waals surface area (Å²) in [6.07, 6.45) is -4.45. The first-order valence-electron chi connectivity index (χ1n) is 12.1. The quantitative estimate of drug-likeness (QED) is 0.441. The summed E-state index contributed by atoms with van der Waals surface area (Å²) in [5.74, 6) is 0.826. The highest BCUT2D eigenvalue weighted by molar-refractivity contribution is 5.94. The number of phenolic OH excluding ortho intramolecular Hbond substituents is 1. The zero-order valence-corrected chi connectivity index (χ0v) is 21.2. The maximum Gasteiger partial charge on any atom is 0.405 e. The third-order valence-corrected chi connectivity index (χ3v) is 6.49. The molecule has 0 radical (unpaired) electrons. The molecular formula is C28H30F3N3O4. The van der Waals surface area contributed by atoms with Crippen LogP contribution < -0.4 is 19.7 Å². The fraction of sp³-hybridized carbons (Fsp3) is 0.321. The van der Waals surface area contributed by atoms with E-state index >= 15 is 0 Å². The number of alkyl halides is 3. The van der Waals surface area contributed by atoms with Gasteiger partial charge in [0.1, 0.15) is 23.8 Å². The smallest absolute Gasteiger partial charge is 0.405 e. The fourth-order valence-corrected chi connectivity index (χ4v) is 4.49. The molecular weight excluding hydrogens is 499 g/mol. The van der Waals surface area contributed by atoms with Crippen molar-refractivity contribution in [3.63, 3.8) is 0 Å². The summed E-state index contributed by atoms with van der Waals surface area (Å²) in [6.45, 7) is 2.29. The number of halogens is 3. The molecule has 1 heterocycles. The Labute approximate surface area is 219 Å². The molecule has 10 heteroatoms. The summed E-state index contributed by atoms with van der Waals surface area (Å²) in [7, 11) is 3.24. The van der Waals surface area contributed by atoms with E-state index in [2.05, 4.69) is 9.80 Å². The molecule has 1 aliphatic heterocycles. The lowest BCUT2D eigenvalue weighted by molar-refractivity contribution is -0.123. The molecule has 3 aromatic rings. The minimum Gasteiger partial charge on any atom is -0.508 e. The van der Waals surface area contributed by atoms with Crippen molar-refractivity contribution < 1.29 is 32.5 Å². The molecule has 0 aliphatic carbocycles. The number of nitrogens with one attached hydrogen (secondary N) is 1. The van der Waals surface area contributed by atoms with Crippen molar-refractivity contribution in [1.82, 2.24) is 10.2 Å². The van der Waals surface area contributed by atoms with Gasteiger partial charge in [0.25, 0.3) is 5.91 Å². The molecule has 3 aromatic carbocycles. The lowest BCUT2D eigenvalue weighted by atomic mass is 10.0. The van der Waals surface area contributed by atoms with E-state index in [1.165, 1.54) is 12.1 Å². The normalized spacial score (nSPS) is 14.3. The van der Waals surface area contributed by atoms with Crippen molar-refractivity contribution in [2.24, 2.45) is 0 Å². The van der Waals surface area contributed by atoms with Crippen LogP contribution in [0.25, 0.3) is 11.1 Å². The van der Waals surface area contributed by atoms with Crippen LogP contribution in [0, 0.1) is 0 Å². The number of ether oxygens (including phenoxy) is 2. The Balaban J connectivity index is 1.39. The number of carbonyl (C=O) groups excluding carboxylic acids is 1. The highest BCUT2D eigenvalue weighted by Crippen LogP contribution is 2.37. The fourth-order valence-electron chi connectivity index (χ4n) is 4.49. The van der Waals surface area contributed by atoms with E-state index < -0.39 is 18.6 Å². The summed E-state index contributed by atoms with van der Waals surface area (Å²) < 4.78 is 48.4. The molecule has 1 fully saturated rings. The van der Waals surface area contributed by atoms with Crippen molar-refractivity contribution in [2.45, 2.75) is 12.7 Å². The number of hydrogen-bond donors (Lipinski definition) is 2. The summed E-state index contributed by atoms with van der Waals surface area (Å²) in [6, 6.07) is 17.5. The van der Waals surface area contributed by atoms with Crippen LogP contribution in [0.3, 0.4) is 0 Å². The monoisotopic (exact) mass is 529 g/mol. The van der Waals surface area contributed by atoms with Crippen molar-refractivity contribution >= 4 is 11.6 Å². The van der Waals surface area contributed by atoms with Crippen molar-refractivity contribution in [1.29, 1.82) is 0 Å². The Bertz CT molecular complexity index is 1230. The molecule has 38 heavy (non-hydrogen) atoms. The summed E-state index contributed by atoms with van der Waals surface area (Å²) in [5.41, 5.74) is 3.75. The molecule has 1 aliphatic rings. The highest BCUT2D eigenvalue weighted by Gasteiger charge is 2.28. The highest BCUT2D eigenvalue weighted by atomic mass is 19.4. The number of amides is 1. The predicted molar refractivity (Wildman–Crippen MR) is 139 cm³/mol. The van der Waals surface area contributed by atoms with Crippen LogP contribution in [0.4, 0.5) is 18.9 Å². The van der Waals surface area contributed by atoms with Crippen molar-refractivity contribution in [3.8, 4) is 28.4 Å². The minimum atomic E-state index is -4.45. The molecule has 202 valence electrons. The van der Waals surface area contributed by atoms with Gasteiger partial charge in [0.2, 0.25) is 0 Å². The number of carbonyl (C=O) groups is 1. The van der Waals surface area contributed by atoms with Crippen LogP contribution in [-0.2, 0) is 6.54 Å². The molecule has 4 rings (SSSR count). The molecule has 1 saturated heterocycles. The number of phenols is 1. The first-order valence-corrected chi connectivity index (χ1v) is 12.1. The first-order chi connectivity index (χ1) is 18.2. The van der Waals surface area contributed by atoms with Crippen LogP contribution >= 0.6 is 0 Å². The maximum atomic E-state index is 12.3. The van der Waals surface area contributed by atoms with Gasteiger partial charge >= 0.3 is 6.18 Å². The standard InChI is InChI=1S/C28H30F3N3O4/c1-37-25-15-21(20-4-3-5-23(35)14-20)16-26(38-2)24(25)17-33-10-12-34(13-11-33)22-8-6-19(7-9-22)27(36)32-18-28(29,30)31/h3-9,14-16,35H,10-13,17-18H2,1-2H3,(H,32,36). The molecule has 1 amide bonds. The van der Waals surface area contributed by atoms with Gasteiger partial charge < -0.3 is 24.8 Å². The number of rotatable bonds is 8. The summed E-state index contributed by atoms with van der Waals surface area (Å²) >= 11 is 0. The van der Waals surface area contributed by atoms with Crippen LogP contribution in [-0.4, -0.2) is 69.0 Å². The van der Waals surface area contributed by atoms with Gasteiger partial charge in [-0.2, -0.15) is 13.2 Å². The number of nitrogens with zero attached hydrogens (tertiary/aromatic N) is 2. The number of anilines is 1. The first kappa shape index (κ1) is 27.1. The SMILES string of the molecule is COc1cc(-c2cccc(O)c2)cc(OC)c1CN1CCN(c2ccc(C(=O)NCC(F)(F)F)cc2)CC1. The zero-order valence-electron chi connectivity index (χ0n) is 21.2. The van der Waals surface area contributed by atoms with Crippen LogP contribution in [0.15, 0.2) is 60.7 Å². The van der Waals surface area contributed by atoms with Gasteiger partial charge in [-0.3, -0.25) is 9.69 Å². The van der Waals surface area contributed by atoms with Gasteiger partial charge in [-0.15, -0.1) is 0 Å². The topological polar surface area (TPSA) is 74.3 Å².